The highest BCUT2D eigenvalue weighted by atomic mass is 16.5. The second-order valence-electron chi connectivity index (χ2n) is 3.69. The van der Waals surface area contributed by atoms with Crippen LogP contribution in [-0.4, -0.2) is 5.16 Å². The number of nitrogen functional groups attached to an aromatic ring is 1. The van der Waals surface area contributed by atoms with Crippen LogP contribution in [0, 0.1) is 25.2 Å². The third-order valence-corrected chi connectivity index (χ3v) is 2.60. The summed E-state index contributed by atoms with van der Waals surface area (Å²) < 4.78 is 5.06. The predicted octanol–water partition coefficient (Wildman–Crippen LogP) is 2.41. The summed E-state index contributed by atoms with van der Waals surface area (Å²) in [4.78, 5) is 0. The molecule has 2 N–H and O–H groups in total. The molecule has 80 valence electrons. The molecule has 0 fully saturated rings. The number of hydrogen-bond donors (Lipinski definition) is 1. The van der Waals surface area contributed by atoms with Crippen LogP contribution in [0.1, 0.15) is 16.7 Å². The minimum absolute atomic E-state index is 0.340. The minimum Gasteiger partial charge on any atom is -0.381 e. The first kappa shape index (κ1) is 10.2. The van der Waals surface area contributed by atoms with Crippen LogP contribution in [0.2, 0.25) is 0 Å². The number of hydrogen-bond acceptors (Lipinski definition) is 4. The molecule has 1 aromatic carbocycles. The second kappa shape index (κ2) is 3.70. The van der Waals surface area contributed by atoms with Gasteiger partial charge in [-0.3, -0.25) is 0 Å². The SMILES string of the molecule is Cc1cc(-c2cc(N)no2)cc(C#N)c1C. The predicted molar refractivity (Wildman–Crippen MR) is 60.5 cm³/mol. The average molecular weight is 213 g/mol. The standard InChI is InChI=1S/C12H11N3O/c1-7-3-9(4-10(6-13)8(7)2)11-5-12(14)15-16-11/h3-5H,1-2H3,(H2,14,15). The van der Waals surface area contributed by atoms with Crippen LogP contribution in [0.3, 0.4) is 0 Å². The Morgan fingerprint density at radius 3 is 2.62 bits per heavy atom. The van der Waals surface area contributed by atoms with Crippen molar-refractivity contribution in [1.29, 1.82) is 5.26 Å². The molecule has 0 saturated carbocycles. The van der Waals surface area contributed by atoms with Crippen LogP contribution in [0.15, 0.2) is 22.7 Å². The summed E-state index contributed by atoms with van der Waals surface area (Å²) in [6, 6.07) is 7.54. The van der Waals surface area contributed by atoms with Crippen molar-refractivity contribution in [3.05, 3.63) is 34.9 Å². The number of anilines is 1. The highest BCUT2D eigenvalue weighted by molar-refractivity contribution is 5.64. The minimum atomic E-state index is 0.340. The Hall–Kier alpha value is -2.28. The van der Waals surface area contributed by atoms with Gasteiger partial charge in [-0.25, -0.2) is 0 Å². The molecular formula is C12H11N3O. The Morgan fingerprint density at radius 2 is 2.06 bits per heavy atom. The lowest BCUT2D eigenvalue weighted by Gasteiger charge is -2.04. The van der Waals surface area contributed by atoms with Crippen LogP contribution in [0.5, 0.6) is 0 Å². The number of rotatable bonds is 1. The molecule has 4 heteroatoms. The van der Waals surface area contributed by atoms with Gasteiger partial charge in [0.1, 0.15) is 0 Å². The van der Waals surface area contributed by atoms with E-state index >= 15 is 0 Å². The van der Waals surface area contributed by atoms with E-state index in [4.69, 9.17) is 15.5 Å². The Balaban J connectivity index is 2.60. The molecule has 0 aliphatic carbocycles. The van der Waals surface area contributed by atoms with E-state index in [2.05, 4.69) is 11.2 Å². The highest BCUT2D eigenvalue weighted by Crippen LogP contribution is 2.25. The third-order valence-electron chi connectivity index (χ3n) is 2.60. The van der Waals surface area contributed by atoms with Gasteiger partial charge in [-0.15, -0.1) is 0 Å². The van der Waals surface area contributed by atoms with Gasteiger partial charge in [0.05, 0.1) is 11.6 Å². The van der Waals surface area contributed by atoms with Crippen molar-refractivity contribution >= 4 is 5.82 Å². The van der Waals surface area contributed by atoms with E-state index < -0.39 is 0 Å². The second-order valence-corrected chi connectivity index (χ2v) is 3.69. The number of aryl methyl sites for hydroxylation is 1. The van der Waals surface area contributed by atoms with E-state index in [9.17, 15) is 0 Å². The zero-order chi connectivity index (χ0) is 11.7. The first-order valence-corrected chi connectivity index (χ1v) is 4.85. The molecule has 1 aromatic heterocycles. The van der Waals surface area contributed by atoms with Crippen molar-refractivity contribution in [2.45, 2.75) is 13.8 Å². The van der Waals surface area contributed by atoms with Crippen LogP contribution in [-0.2, 0) is 0 Å². The lowest BCUT2D eigenvalue weighted by Crippen LogP contribution is -1.89. The van der Waals surface area contributed by atoms with Gasteiger partial charge in [0.2, 0.25) is 0 Å². The fourth-order valence-electron chi connectivity index (χ4n) is 1.54. The Morgan fingerprint density at radius 1 is 1.31 bits per heavy atom. The smallest absolute Gasteiger partial charge is 0.169 e. The third kappa shape index (κ3) is 1.63. The molecule has 0 aliphatic rings. The van der Waals surface area contributed by atoms with E-state index in [0.717, 1.165) is 16.7 Å². The largest absolute Gasteiger partial charge is 0.381 e. The fraction of sp³-hybridized carbons (Fsp3) is 0.167. The van der Waals surface area contributed by atoms with Gasteiger partial charge in [0.15, 0.2) is 11.6 Å². The van der Waals surface area contributed by atoms with Crippen LogP contribution >= 0.6 is 0 Å². The lowest BCUT2D eigenvalue weighted by molar-refractivity contribution is 0.436. The van der Waals surface area contributed by atoms with E-state index in [0.29, 0.717) is 17.1 Å². The van der Waals surface area contributed by atoms with Gasteiger partial charge >= 0.3 is 0 Å². The Labute approximate surface area is 93.3 Å². The summed E-state index contributed by atoms with van der Waals surface area (Å²) in [6.45, 7) is 3.88. The van der Waals surface area contributed by atoms with Gasteiger partial charge in [0, 0.05) is 11.6 Å². The molecule has 2 rings (SSSR count). The zero-order valence-corrected chi connectivity index (χ0v) is 9.11. The number of nitriles is 1. The molecule has 0 bridgehead atoms. The van der Waals surface area contributed by atoms with Crippen LogP contribution in [0.25, 0.3) is 11.3 Å². The maximum Gasteiger partial charge on any atom is 0.169 e. The molecule has 0 spiro atoms. The number of aromatic nitrogens is 1. The van der Waals surface area contributed by atoms with Crippen molar-refractivity contribution in [2.75, 3.05) is 5.73 Å². The monoisotopic (exact) mass is 213 g/mol. The Kier molecular flexibility index (Phi) is 2.37. The van der Waals surface area contributed by atoms with Gasteiger partial charge < -0.3 is 10.3 Å². The first-order chi connectivity index (χ1) is 7.61. The number of nitrogens with zero attached hydrogens (tertiary/aromatic N) is 2. The van der Waals surface area contributed by atoms with Gasteiger partial charge in [-0.1, -0.05) is 5.16 Å². The topological polar surface area (TPSA) is 75.8 Å². The molecule has 2 aromatic rings. The molecule has 1 heterocycles. The van der Waals surface area contributed by atoms with E-state index in [1.54, 1.807) is 12.1 Å². The molecule has 0 unspecified atom stereocenters. The molecule has 0 aliphatic heterocycles. The lowest BCUT2D eigenvalue weighted by atomic mass is 9.99. The molecule has 16 heavy (non-hydrogen) atoms. The van der Waals surface area contributed by atoms with Gasteiger partial charge in [0.25, 0.3) is 0 Å². The zero-order valence-electron chi connectivity index (χ0n) is 9.11. The van der Waals surface area contributed by atoms with Crippen molar-refractivity contribution < 1.29 is 4.52 Å². The van der Waals surface area contributed by atoms with Crippen molar-refractivity contribution in [3.63, 3.8) is 0 Å². The summed E-state index contributed by atoms with van der Waals surface area (Å²) in [7, 11) is 0. The van der Waals surface area contributed by atoms with Crippen molar-refractivity contribution in [2.24, 2.45) is 0 Å². The Bertz CT molecular complexity index is 578. The molecule has 0 radical (unpaired) electrons. The van der Waals surface area contributed by atoms with E-state index in [1.165, 1.54) is 0 Å². The summed E-state index contributed by atoms with van der Waals surface area (Å²) in [5, 5.41) is 12.6. The van der Waals surface area contributed by atoms with E-state index in [1.807, 2.05) is 19.9 Å². The summed E-state index contributed by atoms with van der Waals surface area (Å²) >= 11 is 0. The molecule has 0 atom stereocenters. The van der Waals surface area contributed by atoms with E-state index in [-0.39, 0.29) is 0 Å². The van der Waals surface area contributed by atoms with Crippen molar-refractivity contribution in [1.82, 2.24) is 5.16 Å². The average Bonchev–Trinajstić information content (AvgIpc) is 2.69. The van der Waals surface area contributed by atoms with Gasteiger partial charge in [-0.2, -0.15) is 5.26 Å². The van der Waals surface area contributed by atoms with Crippen LogP contribution < -0.4 is 5.73 Å². The molecule has 4 nitrogen and oxygen atoms in total. The fourth-order valence-corrected chi connectivity index (χ4v) is 1.54. The summed E-state index contributed by atoms with van der Waals surface area (Å²) in [5.41, 5.74) is 8.98. The normalized spacial score (nSPS) is 10.1. The molecule has 0 amide bonds. The number of benzene rings is 1. The quantitative estimate of drug-likeness (QED) is 0.789. The summed E-state index contributed by atoms with van der Waals surface area (Å²) in [6.07, 6.45) is 0. The summed E-state index contributed by atoms with van der Waals surface area (Å²) in [5.74, 6) is 0.920. The first-order valence-electron chi connectivity index (χ1n) is 4.85. The van der Waals surface area contributed by atoms with Crippen molar-refractivity contribution in [3.8, 4) is 17.4 Å². The maximum absolute atomic E-state index is 9.00. The maximum atomic E-state index is 9.00. The van der Waals surface area contributed by atoms with Crippen LogP contribution in [0.4, 0.5) is 5.82 Å². The number of nitrogens with two attached hydrogens (primary N) is 1. The molecule has 0 saturated heterocycles. The highest BCUT2D eigenvalue weighted by Gasteiger charge is 2.09. The van der Waals surface area contributed by atoms with Gasteiger partial charge in [-0.05, 0) is 37.1 Å². The molecular weight excluding hydrogens is 202 g/mol.